The van der Waals surface area contributed by atoms with Crippen LogP contribution in [0, 0.1) is 22.6 Å². The second-order valence-corrected chi connectivity index (χ2v) is 11.3. The second kappa shape index (κ2) is 11.9. The van der Waals surface area contributed by atoms with Gasteiger partial charge in [0, 0.05) is 29.8 Å². The SMILES string of the molecule is C=C(CCC)C1=C(c2cc(CCC#N)c(-c3cc(O)cc4ccccc34)c(F)c2CCC)C2(CCCNC2)C(=O)N1. The topological polar surface area (TPSA) is 85.2 Å². The fourth-order valence-electron chi connectivity index (χ4n) is 6.69. The Hall–Kier alpha value is -3.95. The number of aryl methyl sites for hydroxylation is 1. The number of benzene rings is 3. The summed E-state index contributed by atoms with van der Waals surface area (Å²) in [5.74, 6) is -0.347. The van der Waals surface area contributed by atoms with Crippen LogP contribution < -0.4 is 10.6 Å². The average Bonchev–Trinajstić information content (AvgIpc) is 3.24. The summed E-state index contributed by atoms with van der Waals surface area (Å²) >= 11 is 0. The number of hydrogen-bond donors (Lipinski definition) is 3. The molecule has 3 N–H and O–H groups in total. The Morgan fingerprint density at radius 2 is 1.95 bits per heavy atom. The van der Waals surface area contributed by atoms with Gasteiger partial charge in [0.05, 0.1) is 11.5 Å². The summed E-state index contributed by atoms with van der Waals surface area (Å²) in [4.78, 5) is 13.7. The minimum atomic E-state index is -0.815. The lowest BCUT2D eigenvalue weighted by Crippen LogP contribution is -2.46. The molecule has 3 aromatic carbocycles. The van der Waals surface area contributed by atoms with E-state index >= 15 is 4.39 Å². The molecule has 1 fully saturated rings. The van der Waals surface area contributed by atoms with E-state index < -0.39 is 5.41 Å². The Kier molecular flexibility index (Phi) is 8.28. The van der Waals surface area contributed by atoms with Crippen molar-refractivity contribution in [2.45, 2.75) is 65.2 Å². The predicted molar refractivity (Wildman–Crippen MR) is 163 cm³/mol. The van der Waals surface area contributed by atoms with Crippen molar-refractivity contribution in [2.75, 3.05) is 13.1 Å². The fourth-order valence-corrected chi connectivity index (χ4v) is 6.69. The maximum Gasteiger partial charge on any atom is 0.236 e. The van der Waals surface area contributed by atoms with Crippen molar-refractivity contribution in [2.24, 2.45) is 5.41 Å². The molecule has 2 aliphatic heterocycles. The first-order valence-electron chi connectivity index (χ1n) is 14.7. The highest BCUT2D eigenvalue weighted by molar-refractivity contribution is 6.06. The van der Waals surface area contributed by atoms with E-state index in [9.17, 15) is 15.2 Å². The maximum atomic E-state index is 17.2. The summed E-state index contributed by atoms with van der Waals surface area (Å²) in [6, 6.07) is 15.2. The molecule has 212 valence electrons. The zero-order chi connectivity index (χ0) is 29.1. The molecule has 41 heavy (non-hydrogen) atoms. The number of halogens is 1. The van der Waals surface area contributed by atoms with Crippen molar-refractivity contribution in [1.29, 1.82) is 5.26 Å². The Morgan fingerprint density at radius 1 is 1.15 bits per heavy atom. The zero-order valence-corrected chi connectivity index (χ0v) is 24.0. The molecule has 1 unspecified atom stereocenters. The van der Waals surface area contributed by atoms with E-state index in [0.717, 1.165) is 59.0 Å². The van der Waals surface area contributed by atoms with Gasteiger partial charge in [-0.1, -0.05) is 63.6 Å². The summed E-state index contributed by atoms with van der Waals surface area (Å²) in [5, 5.41) is 28.4. The van der Waals surface area contributed by atoms with E-state index in [2.05, 4.69) is 30.2 Å². The molecule has 2 heterocycles. The largest absolute Gasteiger partial charge is 0.508 e. The van der Waals surface area contributed by atoms with Gasteiger partial charge in [0.15, 0.2) is 0 Å². The molecule has 0 saturated carbocycles. The molecule has 0 bridgehead atoms. The van der Waals surface area contributed by atoms with E-state index in [-0.39, 0.29) is 23.9 Å². The number of allylic oxidation sites excluding steroid dienone is 1. The molecular weight excluding hydrogens is 513 g/mol. The number of rotatable bonds is 9. The summed E-state index contributed by atoms with van der Waals surface area (Å²) in [6.45, 7) is 9.76. The lowest BCUT2D eigenvalue weighted by Gasteiger charge is -2.35. The van der Waals surface area contributed by atoms with Crippen molar-refractivity contribution in [3.63, 3.8) is 0 Å². The van der Waals surface area contributed by atoms with E-state index in [1.54, 1.807) is 12.1 Å². The third kappa shape index (κ3) is 5.04. The Morgan fingerprint density at radius 3 is 2.66 bits per heavy atom. The summed E-state index contributed by atoms with van der Waals surface area (Å²) in [7, 11) is 0. The molecule has 0 aromatic heterocycles. The summed E-state index contributed by atoms with van der Waals surface area (Å²) < 4.78 is 17.2. The Labute approximate surface area is 241 Å². The van der Waals surface area contributed by atoms with Gasteiger partial charge in [-0.05, 0) is 89.4 Å². The van der Waals surface area contributed by atoms with Crippen LogP contribution in [0.3, 0.4) is 0 Å². The normalized spacial score (nSPS) is 18.6. The molecule has 0 aliphatic carbocycles. The quantitative estimate of drug-likeness (QED) is 0.260. The second-order valence-electron chi connectivity index (χ2n) is 11.3. The van der Waals surface area contributed by atoms with Gasteiger partial charge < -0.3 is 15.7 Å². The molecule has 1 spiro atoms. The smallest absolute Gasteiger partial charge is 0.236 e. The van der Waals surface area contributed by atoms with E-state index in [4.69, 9.17) is 0 Å². The van der Waals surface area contributed by atoms with Crippen LogP contribution in [-0.2, 0) is 17.6 Å². The predicted octanol–water partition coefficient (Wildman–Crippen LogP) is 7.33. The van der Waals surface area contributed by atoms with Crippen LogP contribution in [-0.4, -0.2) is 24.1 Å². The van der Waals surface area contributed by atoms with Gasteiger partial charge in [-0.25, -0.2) is 4.39 Å². The summed E-state index contributed by atoms with van der Waals surface area (Å²) in [5.41, 5.74) is 4.61. The van der Waals surface area contributed by atoms with Crippen LogP contribution in [0.5, 0.6) is 5.75 Å². The molecule has 2 aliphatic rings. The average molecular weight is 552 g/mol. The monoisotopic (exact) mass is 551 g/mol. The van der Waals surface area contributed by atoms with Gasteiger partial charge in [0.2, 0.25) is 5.91 Å². The molecule has 5 nitrogen and oxygen atoms in total. The fraction of sp³-hybridized carbons (Fsp3) is 0.371. The van der Waals surface area contributed by atoms with E-state index in [1.807, 2.05) is 37.3 Å². The van der Waals surface area contributed by atoms with Crippen molar-refractivity contribution < 1.29 is 14.3 Å². The van der Waals surface area contributed by atoms with Gasteiger partial charge in [0.25, 0.3) is 0 Å². The highest BCUT2D eigenvalue weighted by Crippen LogP contribution is 2.51. The number of hydrogen-bond acceptors (Lipinski definition) is 4. The number of fused-ring (bicyclic) bond motifs is 1. The number of carbonyl (C=O) groups is 1. The molecule has 0 radical (unpaired) electrons. The van der Waals surface area contributed by atoms with Gasteiger partial charge >= 0.3 is 0 Å². The first-order chi connectivity index (χ1) is 19.9. The highest BCUT2D eigenvalue weighted by Gasteiger charge is 2.50. The molecule has 5 rings (SSSR count). The van der Waals surface area contributed by atoms with E-state index in [1.165, 1.54) is 0 Å². The number of piperidine rings is 1. The van der Waals surface area contributed by atoms with Crippen molar-refractivity contribution in [3.05, 3.63) is 82.8 Å². The standard InChI is InChI=1S/C35H38FN3O2/c1-4-10-22(3)33-31(35(34(41)39-33)15-9-17-38-21-35)29-19-24(13-8-16-37)30(32(36)27(29)11-5-2)28-20-25(40)18-23-12-6-7-14-26(23)28/h6-7,12,14,18-20,38,40H,3-5,8-11,13,15,17,21H2,1-2H3,(H,39,41). The minimum Gasteiger partial charge on any atom is -0.508 e. The highest BCUT2D eigenvalue weighted by atomic mass is 19.1. The molecule has 1 saturated heterocycles. The van der Waals surface area contributed by atoms with Crippen LogP contribution in [0.1, 0.15) is 69.1 Å². The molecular formula is C35H38FN3O2. The number of carbonyl (C=O) groups excluding carboxylic acids is 1. The maximum absolute atomic E-state index is 17.2. The van der Waals surface area contributed by atoms with Gasteiger partial charge in [-0.3, -0.25) is 4.79 Å². The van der Waals surface area contributed by atoms with Crippen LogP contribution in [0.4, 0.5) is 4.39 Å². The molecule has 6 heteroatoms. The third-order valence-electron chi connectivity index (χ3n) is 8.53. The third-order valence-corrected chi connectivity index (χ3v) is 8.53. The number of nitrogens with zero attached hydrogens (tertiary/aromatic N) is 1. The number of nitrogens with one attached hydrogen (secondary N) is 2. The number of nitriles is 1. The molecule has 1 amide bonds. The van der Waals surface area contributed by atoms with Gasteiger partial charge in [-0.15, -0.1) is 0 Å². The van der Waals surface area contributed by atoms with Crippen molar-refractivity contribution in [3.8, 4) is 22.9 Å². The molecule has 3 aromatic rings. The zero-order valence-electron chi connectivity index (χ0n) is 24.0. The van der Waals surface area contributed by atoms with Gasteiger partial charge in [-0.2, -0.15) is 5.26 Å². The Balaban J connectivity index is 1.86. The van der Waals surface area contributed by atoms with Crippen molar-refractivity contribution in [1.82, 2.24) is 10.6 Å². The lowest BCUT2D eigenvalue weighted by molar-refractivity contribution is -0.126. The number of phenols is 1. The van der Waals surface area contributed by atoms with Crippen LogP contribution in [0.15, 0.2) is 60.3 Å². The van der Waals surface area contributed by atoms with Crippen molar-refractivity contribution >= 4 is 22.3 Å². The van der Waals surface area contributed by atoms with Gasteiger partial charge in [0.1, 0.15) is 11.6 Å². The number of amides is 1. The first-order valence-corrected chi connectivity index (χ1v) is 14.7. The van der Waals surface area contributed by atoms with Crippen LogP contribution in [0.2, 0.25) is 0 Å². The summed E-state index contributed by atoms with van der Waals surface area (Å²) in [6.07, 6.45) is 4.87. The van der Waals surface area contributed by atoms with Crippen LogP contribution in [0.25, 0.3) is 27.5 Å². The number of phenolic OH excluding ortho intramolecular Hbond substituents is 1. The molecule has 1 atom stereocenters. The minimum absolute atomic E-state index is 0.0589. The van der Waals surface area contributed by atoms with E-state index in [0.29, 0.717) is 54.5 Å². The van der Waals surface area contributed by atoms with Crippen LogP contribution >= 0.6 is 0 Å². The number of aromatic hydroxyl groups is 1. The lowest BCUT2D eigenvalue weighted by atomic mass is 9.70. The Bertz CT molecular complexity index is 1590. The first kappa shape index (κ1) is 28.6.